The van der Waals surface area contributed by atoms with Gasteiger partial charge in [0.15, 0.2) is 0 Å². The molecule has 4 heteroatoms. The third kappa shape index (κ3) is 2.96. The molecule has 0 bridgehead atoms. The van der Waals surface area contributed by atoms with Crippen LogP contribution in [0.3, 0.4) is 0 Å². The van der Waals surface area contributed by atoms with Gasteiger partial charge in [-0.25, -0.2) is 8.42 Å². The van der Waals surface area contributed by atoms with Crippen LogP contribution in [0.2, 0.25) is 0 Å². The number of benzene rings is 2. The minimum Gasteiger partial charge on any atom is -0.207 e. The fourth-order valence-corrected chi connectivity index (χ4v) is 5.04. The van der Waals surface area contributed by atoms with Crippen molar-refractivity contribution < 1.29 is 8.42 Å². The Morgan fingerprint density at radius 1 is 1.04 bits per heavy atom. The topological polar surface area (TPSA) is 37.4 Å². The predicted octanol–water partition coefficient (Wildman–Crippen LogP) is 4.08. The maximum absolute atomic E-state index is 13.2. The predicted molar refractivity (Wildman–Crippen MR) is 92.6 cm³/mol. The van der Waals surface area contributed by atoms with Crippen molar-refractivity contribution in [3.63, 3.8) is 0 Å². The van der Waals surface area contributed by atoms with E-state index in [1.54, 1.807) is 22.5 Å². The summed E-state index contributed by atoms with van der Waals surface area (Å²) in [6.07, 6.45) is 3.36. The average Bonchev–Trinajstić information content (AvgIpc) is 3.01. The molecular formula is C19H21NO2S. The molecule has 1 unspecified atom stereocenters. The molecule has 0 spiro atoms. The van der Waals surface area contributed by atoms with Crippen LogP contribution in [0.5, 0.6) is 0 Å². The normalized spacial score (nSPS) is 22.1. The Morgan fingerprint density at radius 2 is 1.70 bits per heavy atom. The smallest absolute Gasteiger partial charge is 0.207 e. The first-order valence-electron chi connectivity index (χ1n) is 7.82. The van der Waals surface area contributed by atoms with Gasteiger partial charge in [0.25, 0.3) is 0 Å². The molecule has 0 saturated carbocycles. The summed E-state index contributed by atoms with van der Waals surface area (Å²) in [4.78, 5) is 0.345. The number of hydrogen-bond acceptors (Lipinski definition) is 2. The lowest BCUT2D eigenvalue weighted by atomic mass is 10.1. The lowest BCUT2D eigenvalue weighted by molar-refractivity contribution is 0.359. The number of nitrogens with zero attached hydrogens (tertiary/aromatic N) is 1. The van der Waals surface area contributed by atoms with Crippen LogP contribution in [0, 0.1) is 6.92 Å². The van der Waals surface area contributed by atoms with E-state index in [-0.39, 0.29) is 12.1 Å². The summed E-state index contributed by atoms with van der Waals surface area (Å²) < 4.78 is 28.0. The highest BCUT2D eigenvalue weighted by Gasteiger charge is 2.41. The zero-order valence-corrected chi connectivity index (χ0v) is 14.0. The van der Waals surface area contributed by atoms with E-state index in [4.69, 9.17) is 0 Å². The van der Waals surface area contributed by atoms with E-state index in [0.717, 1.165) is 24.0 Å². The van der Waals surface area contributed by atoms with Crippen LogP contribution >= 0.6 is 0 Å². The lowest BCUT2D eigenvalue weighted by Gasteiger charge is -2.28. The number of hydrogen-bond donors (Lipinski definition) is 0. The van der Waals surface area contributed by atoms with Crippen molar-refractivity contribution in [2.24, 2.45) is 0 Å². The minimum atomic E-state index is -3.55. The molecular weight excluding hydrogens is 306 g/mol. The summed E-state index contributed by atoms with van der Waals surface area (Å²) in [5.74, 6) is 0. The first-order valence-corrected chi connectivity index (χ1v) is 9.26. The molecule has 1 fully saturated rings. The summed E-state index contributed by atoms with van der Waals surface area (Å²) in [7, 11) is -3.55. The van der Waals surface area contributed by atoms with Crippen LogP contribution in [0.1, 0.15) is 30.0 Å². The fourth-order valence-electron chi connectivity index (χ4n) is 3.20. The van der Waals surface area contributed by atoms with Gasteiger partial charge in [-0.1, -0.05) is 54.1 Å². The number of aryl methyl sites for hydroxylation is 1. The Balaban J connectivity index is 2.05. The van der Waals surface area contributed by atoms with Crippen LogP contribution in [0.25, 0.3) is 0 Å². The highest BCUT2D eigenvalue weighted by atomic mass is 32.2. The molecule has 2 atom stereocenters. The van der Waals surface area contributed by atoms with Crippen molar-refractivity contribution >= 4 is 10.0 Å². The summed E-state index contributed by atoms with van der Waals surface area (Å²) in [5, 5.41) is 0. The van der Waals surface area contributed by atoms with Crippen LogP contribution < -0.4 is 0 Å². The van der Waals surface area contributed by atoms with Gasteiger partial charge >= 0.3 is 0 Å². The van der Waals surface area contributed by atoms with Gasteiger partial charge in [-0.3, -0.25) is 0 Å². The van der Waals surface area contributed by atoms with E-state index >= 15 is 0 Å². The van der Waals surface area contributed by atoms with E-state index in [2.05, 4.69) is 6.58 Å². The van der Waals surface area contributed by atoms with Crippen molar-refractivity contribution in [1.29, 1.82) is 0 Å². The first-order chi connectivity index (χ1) is 11.0. The van der Waals surface area contributed by atoms with Gasteiger partial charge < -0.3 is 0 Å². The van der Waals surface area contributed by atoms with Crippen molar-refractivity contribution in [3.05, 3.63) is 78.4 Å². The minimum absolute atomic E-state index is 0.134. The highest BCUT2D eigenvalue weighted by molar-refractivity contribution is 7.89. The van der Waals surface area contributed by atoms with Gasteiger partial charge in [0.1, 0.15) is 0 Å². The van der Waals surface area contributed by atoms with E-state index in [0.29, 0.717) is 4.90 Å². The van der Waals surface area contributed by atoms with E-state index in [1.165, 1.54) is 0 Å². The first kappa shape index (κ1) is 16.0. The van der Waals surface area contributed by atoms with Gasteiger partial charge in [-0.05, 0) is 37.5 Å². The molecule has 0 amide bonds. The average molecular weight is 327 g/mol. The second-order valence-electron chi connectivity index (χ2n) is 5.95. The van der Waals surface area contributed by atoms with Crippen LogP contribution in [0.4, 0.5) is 0 Å². The lowest BCUT2D eigenvalue weighted by Crippen LogP contribution is -2.36. The molecule has 0 aromatic heterocycles. The Hall–Kier alpha value is -1.91. The van der Waals surface area contributed by atoms with Crippen LogP contribution in [-0.2, 0) is 10.0 Å². The third-order valence-corrected chi connectivity index (χ3v) is 6.37. The maximum Gasteiger partial charge on any atom is 0.244 e. The molecule has 1 saturated heterocycles. The molecule has 0 radical (unpaired) electrons. The number of sulfonamides is 1. The Morgan fingerprint density at radius 3 is 2.30 bits per heavy atom. The summed E-state index contributed by atoms with van der Waals surface area (Å²) in [6, 6.07) is 16.6. The van der Waals surface area contributed by atoms with E-state index in [1.807, 2.05) is 49.4 Å². The van der Waals surface area contributed by atoms with Gasteiger partial charge in [-0.2, -0.15) is 4.31 Å². The summed E-state index contributed by atoms with van der Waals surface area (Å²) in [5.41, 5.74) is 2.08. The molecule has 2 aromatic rings. The molecule has 1 aliphatic heterocycles. The van der Waals surface area contributed by atoms with Gasteiger partial charge in [0.2, 0.25) is 10.0 Å². The monoisotopic (exact) mass is 327 g/mol. The zero-order chi connectivity index (χ0) is 16.4. The van der Waals surface area contributed by atoms with E-state index < -0.39 is 10.0 Å². The van der Waals surface area contributed by atoms with Crippen LogP contribution in [-0.4, -0.2) is 18.8 Å². The van der Waals surface area contributed by atoms with Crippen molar-refractivity contribution in [2.75, 3.05) is 0 Å². The quantitative estimate of drug-likeness (QED) is 0.794. The van der Waals surface area contributed by atoms with Crippen molar-refractivity contribution in [1.82, 2.24) is 4.31 Å². The molecule has 1 aliphatic rings. The van der Waals surface area contributed by atoms with Crippen molar-refractivity contribution in [2.45, 2.75) is 36.7 Å². The number of rotatable bonds is 4. The second kappa shape index (κ2) is 6.30. The SMILES string of the molecule is C=C[C@@H]1CCC(c2ccccc2)N1S(=O)(=O)c1ccc(C)cc1. The largest absolute Gasteiger partial charge is 0.244 e. The molecule has 2 aromatic carbocycles. The van der Waals surface area contributed by atoms with Gasteiger partial charge in [-0.15, -0.1) is 6.58 Å². The standard InChI is InChI=1S/C19H21NO2S/c1-3-17-11-14-19(16-7-5-4-6-8-16)20(17)23(21,22)18-12-9-15(2)10-13-18/h3-10,12-13,17,19H,1,11,14H2,2H3/t17-,19?/m1/s1. The maximum atomic E-state index is 13.2. The molecule has 0 N–H and O–H groups in total. The Labute approximate surface area is 138 Å². The fraction of sp³-hybridized carbons (Fsp3) is 0.263. The van der Waals surface area contributed by atoms with Gasteiger partial charge in [0, 0.05) is 6.04 Å². The molecule has 3 rings (SSSR count). The zero-order valence-electron chi connectivity index (χ0n) is 13.2. The van der Waals surface area contributed by atoms with Crippen molar-refractivity contribution in [3.8, 4) is 0 Å². The molecule has 23 heavy (non-hydrogen) atoms. The summed E-state index contributed by atoms with van der Waals surface area (Å²) >= 11 is 0. The molecule has 3 nitrogen and oxygen atoms in total. The molecule has 1 heterocycles. The van der Waals surface area contributed by atoms with Crippen LogP contribution in [0.15, 0.2) is 72.1 Å². The third-order valence-electron chi connectivity index (χ3n) is 4.42. The van der Waals surface area contributed by atoms with Gasteiger partial charge in [0.05, 0.1) is 10.9 Å². The molecule has 120 valence electrons. The Bertz CT molecular complexity index is 782. The highest BCUT2D eigenvalue weighted by Crippen LogP contribution is 2.40. The summed E-state index contributed by atoms with van der Waals surface area (Å²) in [6.45, 7) is 5.79. The molecule has 0 aliphatic carbocycles. The van der Waals surface area contributed by atoms with E-state index in [9.17, 15) is 8.42 Å². The Kier molecular flexibility index (Phi) is 4.37. The second-order valence-corrected chi connectivity index (χ2v) is 7.80.